The molecule has 1 atom stereocenters. The molecule has 0 bridgehead atoms. The molecule has 65 heavy (non-hydrogen) atoms. The lowest BCUT2D eigenvalue weighted by Crippen LogP contribution is -2.54. The van der Waals surface area contributed by atoms with Gasteiger partial charge in [-0.15, -0.1) is 10.2 Å². The number of fused-ring (bicyclic) bond motifs is 1. The van der Waals surface area contributed by atoms with Crippen LogP contribution in [-0.2, 0) is 30.2 Å². The van der Waals surface area contributed by atoms with Crippen molar-refractivity contribution in [1.29, 1.82) is 0 Å². The predicted octanol–water partition coefficient (Wildman–Crippen LogP) is 6.89. The first kappa shape index (κ1) is 48.9. The monoisotopic (exact) mass is 931 g/mol. The molecule has 0 aliphatic carbocycles. The molecule has 2 aromatic heterocycles. The predicted molar refractivity (Wildman–Crippen MR) is 251 cm³/mol. The van der Waals surface area contributed by atoms with E-state index in [0.717, 1.165) is 65.4 Å². The van der Waals surface area contributed by atoms with Gasteiger partial charge in [0.2, 0.25) is 23.6 Å². The van der Waals surface area contributed by atoms with Gasteiger partial charge in [0.25, 0.3) is 17.4 Å². The number of nitrogens with zero attached hydrogens (tertiary/aromatic N) is 8. The van der Waals surface area contributed by atoms with Crippen LogP contribution in [0.3, 0.4) is 0 Å². The number of carbonyl (C=O) groups excluding carboxylic acids is 4. The number of benzene rings is 2. The highest BCUT2D eigenvalue weighted by Gasteiger charge is 2.45. The highest BCUT2D eigenvalue weighted by atomic mass is 35.5. The van der Waals surface area contributed by atoms with Crippen molar-refractivity contribution in [2.45, 2.75) is 99.1 Å². The Balaban J connectivity index is 0.000000216. The maximum absolute atomic E-state index is 13.1. The maximum Gasteiger partial charge on any atom is 0.330 e. The van der Waals surface area contributed by atoms with Crippen LogP contribution < -0.4 is 26.4 Å². The van der Waals surface area contributed by atoms with E-state index in [1.54, 1.807) is 49.2 Å². The van der Waals surface area contributed by atoms with Gasteiger partial charge < -0.3 is 19.1 Å². The van der Waals surface area contributed by atoms with E-state index in [0.29, 0.717) is 49.9 Å². The van der Waals surface area contributed by atoms with Gasteiger partial charge >= 0.3 is 5.69 Å². The summed E-state index contributed by atoms with van der Waals surface area (Å²) in [5, 5.41) is 11.3. The van der Waals surface area contributed by atoms with Crippen LogP contribution in [0.25, 0.3) is 11.5 Å². The lowest BCUT2D eigenvalue weighted by molar-refractivity contribution is -0.136. The second-order valence-electron chi connectivity index (χ2n) is 17.2. The average molecular weight is 933 g/mol. The average Bonchev–Trinajstić information content (AvgIpc) is 3.86. The van der Waals surface area contributed by atoms with Crippen LogP contribution in [-0.4, -0.2) is 91.5 Å². The summed E-state index contributed by atoms with van der Waals surface area (Å²) in [6, 6.07) is 9.51. The molecule has 3 aliphatic rings. The first-order chi connectivity index (χ1) is 30.9. The Morgan fingerprint density at radius 2 is 1.55 bits per heavy atom. The number of piperidine rings is 2. The Kier molecular flexibility index (Phi) is 15.9. The molecule has 1 unspecified atom stereocenters. The number of unbranched alkanes of at least 4 members (excludes halogenated alkanes) is 1. The smallest absolute Gasteiger partial charge is 0.330 e. The summed E-state index contributed by atoms with van der Waals surface area (Å²) >= 11 is 12.1. The van der Waals surface area contributed by atoms with E-state index in [1.807, 2.05) is 26.8 Å². The Hall–Kier alpha value is -5.58. The van der Waals surface area contributed by atoms with Gasteiger partial charge in [-0.1, -0.05) is 49.0 Å². The van der Waals surface area contributed by atoms with Gasteiger partial charge in [0.05, 0.1) is 21.2 Å². The Bertz CT molecular complexity index is 2610. The number of rotatable bonds is 14. The van der Waals surface area contributed by atoms with Gasteiger partial charge in [-0.25, -0.2) is 4.79 Å². The fourth-order valence-corrected chi connectivity index (χ4v) is 8.76. The van der Waals surface area contributed by atoms with Crippen molar-refractivity contribution in [3.05, 3.63) is 101 Å². The number of halogens is 2. The fraction of sp³-hybridized carbons (Fsp3) is 0.489. The fourth-order valence-electron chi connectivity index (χ4n) is 8.46. The lowest BCUT2D eigenvalue weighted by atomic mass is 9.95. The highest BCUT2D eigenvalue weighted by Crippen LogP contribution is 2.33. The standard InChI is InChI=1S/C26H36N4O4.C21H23Cl2N5O3/c1-3-5-13-28(12-4-2)17-18-10-14-29(15-11-18)19-6-7-20-21(16-19)26(34)30(25(20)33)22-8-9-23(31)27-24(22)32;1-11(2)12(3)28(18-13(4)26(5)21(30)27(6)20(18)29)10-17-24-25-19(31-17)14-7-8-15(22)16(23)9-14/h6-7,16,18,22H,3-5,8-15,17H2,1-2H3,(H,27,31,32);7-9H,10H2,1-6H3. The Morgan fingerprint density at radius 1 is 0.846 bits per heavy atom. The molecule has 7 rings (SSSR count). The van der Waals surface area contributed by atoms with Gasteiger partial charge in [0, 0.05) is 62.8 Å². The molecule has 3 aliphatic heterocycles. The minimum atomic E-state index is -0.928. The first-order valence-electron chi connectivity index (χ1n) is 22.2. The third kappa shape index (κ3) is 10.8. The van der Waals surface area contributed by atoms with Crippen LogP contribution in [0.2, 0.25) is 10.0 Å². The molecule has 0 radical (unpaired) electrons. The van der Waals surface area contributed by atoms with Crippen LogP contribution in [0, 0.1) is 12.8 Å². The van der Waals surface area contributed by atoms with Crippen molar-refractivity contribution in [2.75, 3.05) is 42.5 Å². The summed E-state index contributed by atoms with van der Waals surface area (Å²) in [5.41, 5.74) is 4.23. The molecular weight excluding hydrogens is 873 g/mol. The van der Waals surface area contributed by atoms with Gasteiger partial charge in [-0.3, -0.25) is 43.3 Å². The van der Waals surface area contributed by atoms with Crippen LogP contribution in [0.4, 0.5) is 11.4 Å². The summed E-state index contributed by atoms with van der Waals surface area (Å²) in [6.07, 6.45) is 6.16. The van der Waals surface area contributed by atoms with Crippen LogP contribution in [0.15, 0.2) is 61.7 Å². The van der Waals surface area contributed by atoms with Crippen molar-refractivity contribution < 1.29 is 23.6 Å². The number of amides is 4. The van der Waals surface area contributed by atoms with Crippen LogP contribution in [0.1, 0.15) is 112 Å². The van der Waals surface area contributed by atoms with E-state index in [2.05, 4.69) is 39.2 Å². The normalized spacial score (nSPS) is 16.4. The van der Waals surface area contributed by atoms with E-state index in [-0.39, 0.29) is 36.9 Å². The number of allylic oxidation sites excluding steroid dienone is 2. The Morgan fingerprint density at radius 3 is 2.20 bits per heavy atom. The molecule has 1 N–H and O–H groups in total. The number of hydrogen-bond acceptors (Lipinski definition) is 12. The summed E-state index contributed by atoms with van der Waals surface area (Å²) in [6.45, 7) is 17.5. The lowest BCUT2D eigenvalue weighted by Gasteiger charge is -2.36. The van der Waals surface area contributed by atoms with E-state index in [9.17, 15) is 28.8 Å². The number of nitrogens with one attached hydrogen (secondary N) is 1. The molecule has 2 aromatic carbocycles. The Labute approximate surface area is 389 Å². The summed E-state index contributed by atoms with van der Waals surface area (Å²) in [4.78, 5) is 82.8. The van der Waals surface area contributed by atoms with Gasteiger partial charge in [0.15, 0.2) is 0 Å². The van der Waals surface area contributed by atoms with Crippen molar-refractivity contribution in [3.8, 4) is 11.5 Å². The summed E-state index contributed by atoms with van der Waals surface area (Å²) in [5.74, 6) is -0.582. The number of carbonyl (C=O) groups is 4. The van der Waals surface area contributed by atoms with Crippen molar-refractivity contribution in [2.24, 2.45) is 20.0 Å². The van der Waals surface area contributed by atoms with Crippen molar-refractivity contribution in [3.63, 3.8) is 0 Å². The topological polar surface area (TPSA) is 176 Å². The minimum Gasteiger partial charge on any atom is -0.419 e. The molecule has 0 spiro atoms. The zero-order chi connectivity index (χ0) is 47.3. The SMILES string of the molecule is CC(C)=C(C)N(Cc1nnc(-c2ccc(Cl)c(Cl)c2)o1)c1c(C)n(C)c(=O)n(C)c1=O.CCCCN(CCC)CC1CCN(c2ccc3c(c2)C(=O)N(C2CCC(=O)NC2=O)C3=O)CC1. The molecule has 5 heterocycles. The minimum absolute atomic E-state index is 0.123. The molecule has 4 amide bonds. The third-order valence-electron chi connectivity index (χ3n) is 12.5. The number of imide groups is 2. The second kappa shape index (κ2) is 21.2. The maximum atomic E-state index is 13.1. The van der Waals surface area contributed by atoms with E-state index in [4.69, 9.17) is 27.6 Å². The van der Waals surface area contributed by atoms with Crippen molar-refractivity contribution in [1.82, 2.24) is 34.4 Å². The molecule has 18 heteroatoms. The van der Waals surface area contributed by atoms with E-state index >= 15 is 0 Å². The summed E-state index contributed by atoms with van der Waals surface area (Å²) < 4.78 is 8.37. The molecule has 348 valence electrons. The highest BCUT2D eigenvalue weighted by molar-refractivity contribution is 6.42. The van der Waals surface area contributed by atoms with Gasteiger partial charge in [-0.2, -0.15) is 0 Å². The number of anilines is 2. The van der Waals surface area contributed by atoms with Crippen molar-refractivity contribution >= 4 is 58.2 Å². The van der Waals surface area contributed by atoms with Crippen LogP contribution in [0.5, 0.6) is 0 Å². The summed E-state index contributed by atoms with van der Waals surface area (Å²) in [7, 11) is 3.09. The van der Waals surface area contributed by atoms with Gasteiger partial charge in [0.1, 0.15) is 18.3 Å². The van der Waals surface area contributed by atoms with Gasteiger partial charge in [-0.05, 0) is 115 Å². The third-order valence-corrected chi connectivity index (χ3v) is 13.3. The molecule has 4 aromatic rings. The largest absolute Gasteiger partial charge is 0.419 e. The van der Waals surface area contributed by atoms with E-state index < -0.39 is 29.3 Å². The molecule has 2 fully saturated rings. The molecule has 2 saturated heterocycles. The zero-order valence-electron chi connectivity index (χ0n) is 38.5. The zero-order valence-corrected chi connectivity index (χ0v) is 40.0. The first-order valence-corrected chi connectivity index (χ1v) is 23.0. The van der Waals surface area contributed by atoms with E-state index in [1.165, 1.54) is 37.4 Å². The number of hydrogen-bond donors (Lipinski definition) is 1. The molecule has 0 saturated carbocycles. The van der Waals surface area contributed by atoms with Crippen LogP contribution >= 0.6 is 23.2 Å². The second-order valence-corrected chi connectivity index (χ2v) is 18.0. The number of aromatic nitrogens is 4. The molecule has 16 nitrogen and oxygen atoms in total. The quantitative estimate of drug-likeness (QED) is 0.130. The molecular formula is C47H59Cl2N9O7.